The first-order chi connectivity index (χ1) is 6.18. The Morgan fingerprint density at radius 3 is 3.08 bits per heavy atom. The molecule has 0 amide bonds. The monoisotopic (exact) mass is 183 g/mol. The fourth-order valence-corrected chi connectivity index (χ4v) is 1.40. The number of aliphatic hydroxyl groups is 1. The minimum absolute atomic E-state index is 0.166. The molecule has 0 spiro atoms. The van der Waals surface area contributed by atoms with E-state index < -0.39 is 12.1 Å². The lowest BCUT2D eigenvalue weighted by atomic mass is 9.99. The fourth-order valence-electron chi connectivity index (χ4n) is 1.40. The number of nitrogens with two attached hydrogens (primary N) is 1. The molecular weight excluding hydrogens is 173 g/mol. The van der Waals surface area contributed by atoms with Gasteiger partial charge in [-0.1, -0.05) is 0 Å². The summed E-state index contributed by atoms with van der Waals surface area (Å²) in [5, 5.41) is 9.34. The summed E-state index contributed by atoms with van der Waals surface area (Å²) < 4.78 is 18.0. The molecule has 0 unspecified atom stereocenters. The summed E-state index contributed by atoms with van der Waals surface area (Å²) in [5.74, 6) is 0.186. The summed E-state index contributed by atoms with van der Waals surface area (Å²) in [7, 11) is 0. The Balaban J connectivity index is 2.45. The lowest BCUT2D eigenvalue weighted by Crippen LogP contribution is -2.35. The van der Waals surface area contributed by atoms with Crippen LogP contribution >= 0.6 is 0 Å². The van der Waals surface area contributed by atoms with Crippen LogP contribution in [0, 0.1) is 5.82 Å². The smallest absolute Gasteiger partial charge is 0.124 e. The molecule has 1 heterocycles. The highest BCUT2D eigenvalue weighted by molar-refractivity contribution is 5.38. The largest absolute Gasteiger partial charge is 0.490 e. The van der Waals surface area contributed by atoms with E-state index in [9.17, 15) is 9.50 Å². The van der Waals surface area contributed by atoms with E-state index in [1.165, 1.54) is 18.2 Å². The second-order valence-electron chi connectivity index (χ2n) is 3.09. The highest BCUT2D eigenvalue weighted by Gasteiger charge is 2.26. The minimum atomic E-state index is -0.755. The number of benzene rings is 1. The molecule has 0 radical (unpaired) electrons. The Morgan fingerprint density at radius 1 is 1.54 bits per heavy atom. The lowest BCUT2D eigenvalue weighted by molar-refractivity contribution is 0.0676. The number of hydrogen-bond acceptors (Lipinski definition) is 3. The fraction of sp³-hybridized carbons (Fsp3) is 0.333. The first-order valence-corrected chi connectivity index (χ1v) is 4.04. The number of halogens is 1. The number of ether oxygens (including phenoxy) is 1. The summed E-state index contributed by atoms with van der Waals surface area (Å²) in [6, 6.07) is 3.57. The first kappa shape index (κ1) is 8.47. The summed E-state index contributed by atoms with van der Waals surface area (Å²) in [5.41, 5.74) is 6.19. The van der Waals surface area contributed by atoms with E-state index in [-0.39, 0.29) is 12.4 Å². The summed E-state index contributed by atoms with van der Waals surface area (Å²) in [6.07, 6.45) is -0.755. The van der Waals surface area contributed by atoms with Gasteiger partial charge in [0.05, 0.1) is 6.04 Å². The summed E-state index contributed by atoms with van der Waals surface area (Å²) in [4.78, 5) is 0. The normalized spacial score (nSPS) is 26.4. The van der Waals surface area contributed by atoms with Crippen molar-refractivity contribution in [3.8, 4) is 5.75 Å². The Kier molecular flexibility index (Phi) is 1.94. The van der Waals surface area contributed by atoms with E-state index >= 15 is 0 Å². The van der Waals surface area contributed by atoms with Gasteiger partial charge in [0.1, 0.15) is 24.3 Å². The highest BCUT2D eigenvalue weighted by Crippen LogP contribution is 2.30. The molecule has 2 atom stereocenters. The molecule has 1 aliphatic heterocycles. The van der Waals surface area contributed by atoms with E-state index in [4.69, 9.17) is 10.5 Å². The Hall–Kier alpha value is -1.13. The molecule has 0 fully saturated rings. The van der Waals surface area contributed by atoms with Crippen LogP contribution < -0.4 is 10.5 Å². The third-order valence-corrected chi connectivity index (χ3v) is 2.16. The van der Waals surface area contributed by atoms with Crippen molar-refractivity contribution < 1.29 is 14.2 Å². The second-order valence-corrected chi connectivity index (χ2v) is 3.09. The zero-order valence-electron chi connectivity index (χ0n) is 6.90. The van der Waals surface area contributed by atoms with Gasteiger partial charge in [0, 0.05) is 5.56 Å². The summed E-state index contributed by atoms with van der Waals surface area (Å²) >= 11 is 0. The molecule has 3 nitrogen and oxygen atoms in total. The van der Waals surface area contributed by atoms with E-state index in [1.54, 1.807) is 0 Å². The maximum absolute atomic E-state index is 12.8. The SMILES string of the molecule is N[C@H]1c2cc(F)ccc2OC[C@@H]1O. The standard InChI is InChI=1S/C9H10FNO2/c10-5-1-2-8-6(3-5)9(11)7(12)4-13-8/h1-3,7,9,12H,4,11H2/t7-,9-/m0/s1. The van der Waals surface area contributed by atoms with Crippen molar-refractivity contribution in [2.75, 3.05) is 6.61 Å². The van der Waals surface area contributed by atoms with Gasteiger partial charge in [0.25, 0.3) is 0 Å². The van der Waals surface area contributed by atoms with Crippen molar-refractivity contribution in [1.82, 2.24) is 0 Å². The molecule has 0 saturated heterocycles. The van der Waals surface area contributed by atoms with Crippen LogP contribution in [0.1, 0.15) is 11.6 Å². The molecule has 13 heavy (non-hydrogen) atoms. The maximum Gasteiger partial charge on any atom is 0.124 e. The molecular formula is C9H10FNO2. The summed E-state index contributed by atoms with van der Waals surface area (Å²) in [6.45, 7) is 0.166. The first-order valence-electron chi connectivity index (χ1n) is 4.04. The van der Waals surface area contributed by atoms with Gasteiger partial charge in [-0.2, -0.15) is 0 Å². The third-order valence-electron chi connectivity index (χ3n) is 2.16. The predicted molar refractivity (Wildman–Crippen MR) is 44.8 cm³/mol. The van der Waals surface area contributed by atoms with Crippen LogP contribution in [0.2, 0.25) is 0 Å². The van der Waals surface area contributed by atoms with Gasteiger partial charge in [-0.15, -0.1) is 0 Å². The molecule has 0 bridgehead atoms. The number of rotatable bonds is 0. The zero-order valence-corrected chi connectivity index (χ0v) is 6.90. The van der Waals surface area contributed by atoms with Crippen LogP contribution in [0.3, 0.4) is 0 Å². The van der Waals surface area contributed by atoms with Gasteiger partial charge in [-0.3, -0.25) is 0 Å². The van der Waals surface area contributed by atoms with E-state index in [1.807, 2.05) is 0 Å². The van der Waals surface area contributed by atoms with Gasteiger partial charge in [0.2, 0.25) is 0 Å². The van der Waals surface area contributed by atoms with Crippen molar-refractivity contribution in [3.63, 3.8) is 0 Å². The molecule has 70 valence electrons. The average Bonchev–Trinajstić information content (AvgIpc) is 2.12. The molecule has 3 N–H and O–H groups in total. The molecule has 1 aromatic rings. The predicted octanol–water partition coefficient (Wildman–Crippen LogP) is 0.579. The van der Waals surface area contributed by atoms with Crippen molar-refractivity contribution in [2.45, 2.75) is 12.1 Å². The van der Waals surface area contributed by atoms with Crippen LogP contribution in [0.4, 0.5) is 4.39 Å². The van der Waals surface area contributed by atoms with Crippen LogP contribution in [-0.4, -0.2) is 17.8 Å². The van der Waals surface area contributed by atoms with Crippen molar-refractivity contribution >= 4 is 0 Å². The van der Waals surface area contributed by atoms with Gasteiger partial charge >= 0.3 is 0 Å². The second kappa shape index (κ2) is 2.97. The Labute approximate surface area is 74.9 Å². The van der Waals surface area contributed by atoms with Gasteiger partial charge in [-0.05, 0) is 18.2 Å². The van der Waals surface area contributed by atoms with Crippen molar-refractivity contribution in [2.24, 2.45) is 5.73 Å². The van der Waals surface area contributed by atoms with Gasteiger partial charge < -0.3 is 15.6 Å². The van der Waals surface area contributed by atoms with E-state index in [0.29, 0.717) is 11.3 Å². The molecule has 0 aromatic heterocycles. The van der Waals surface area contributed by atoms with Gasteiger partial charge in [-0.25, -0.2) is 4.39 Å². The van der Waals surface area contributed by atoms with Gasteiger partial charge in [0.15, 0.2) is 0 Å². The molecule has 4 heteroatoms. The van der Waals surface area contributed by atoms with Crippen LogP contribution in [0.25, 0.3) is 0 Å². The quantitative estimate of drug-likeness (QED) is 0.618. The molecule has 1 aromatic carbocycles. The molecule has 1 aliphatic rings. The Bertz CT molecular complexity index is 329. The molecule has 0 saturated carbocycles. The zero-order chi connectivity index (χ0) is 9.42. The average molecular weight is 183 g/mol. The highest BCUT2D eigenvalue weighted by atomic mass is 19.1. The third kappa shape index (κ3) is 1.38. The molecule has 0 aliphatic carbocycles. The lowest BCUT2D eigenvalue weighted by Gasteiger charge is -2.27. The Morgan fingerprint density at radius 2 is 2.31 bits per heavy atom. The van der Waals surface area contributed by atoms with Crippen molar-refractivity contribution in [3.05, 3.63) is 29.6 Å². The minimum Gasteiger partial charge on any atom is -0.490 e. The van der Waals surface area contributed by atoms with E-state index in [0.717, 1.165) is 0 Å². The van der Waals surface area contributed by atoms with Crippen molar-refractivity contribution in [1.29, 1.82) is 0 Å². The number of fused-ring (bicyclic) bond motifs is 1. The number of aliphatic hydroxyl groups excluding tert-OH is 1. The maximum atomic E-state index is 12.8. The van der Waals surface area contributed by atoms with Crippen LogP contribution in [-0.2, 0) is 0 Å². The van der Waals surface area contributed by atoms with Crippen LogP contribution in [0.15, 0.2) is 18.2 Å². The topological polar surface area (TPSA) is 55.5 Å². The number of hydrogen-bond donors (Lipinski definition) is 2. The van der Waals surface area contributed by atoms with E-state index in [2.05, 4.69) is 0 Å². The van der Waals surface area contributed by atoms with Crippen LogP contribution in [0.5, 0.6) is 5.75 Å². The molecule has 2 rings (SSSR count).